The van der Waals surface area contributed by atoms with Crippen molar-refractivity contribution in [2.45, 2.75) is 26.4 Å². The van der Waals surface area contributed by atoms with Crippen LogP contribution in [0.15, 0.2) is 22.6 Å². The molecule has 2 heterocycles. The Morgan fingerprint density at radius 1 is 1.55 bits per heavy atom. The quantitative estimate of drug-likeness (QED) is 0.845. The molecule has 1 amide bonds. The lowest BCUT2D eigenvalue weighted by Crippen LogP contribution is -2.43. The number of aliphatic hydroxyl groups is 1. The van der Waals surface area contributed by atoms with Crippen molar-refractivity contribution in [3.63, 3.8) is 0 Å². The van der Waals surface area contributed by atoms with Crippen LogP contribution in [0.2, 0.25) is 0 Å². The van der Waals surface area contributed by atoms with Crippen molar-refractivity contribution in [1.82, 2.24) is 14.9 Å². The molecule has 20 heavy (non-hydrogen) atoms. The second-order valence-electron chi connectivity index (χ2n) is 4.92. The fourth-order valence-electron chi connectivity index (χ4n) is 1.84. The van der Waals surface area contributed by atoms with Crippen molar-refractivity contribution in [3.05, 3.63) is 28.1 Å². The summed E-state index contributed by atoms with van der Waals surface area (Å²) in [4.78, 5) is 28.8. The van der Waals surface area contributed by atoms with Crippen LogP contribution in [0.3, 0.4) is 0 Å². The van der Waals surface area contributed by atoms with Crippen molar-refractivity contribution in [3.8, 4) is 0 Å². The van der Waals surface area contributed by atoms with Crippen LogP contribution in [-0.2, 0) is 11.3 Å². The van der Waals surface area contributed by atoms with E-state index < -0.39 is 0 Å². The van der Waals surface area contributed by atoms with Gasteiger partial charge in [-0.15, -0.1) is 11.3 Å². The normalized spacial score (nSPS) is 12.8. The molecule has 1 atom stereocenters. The highest BCUT2D eigenvalue weighted by molar-refractivity contribution is 7.16. The zero-order valence-electron chi connectivity index (χ0n) is 11.4. The van der Waals surface area contributed by atoms with E-state index in [2.05, 4.69) is 10.3 Å². The molecule has 6 nitrogen and oxygen atoms in total. The largest absolute Gasteiger partial charge is 0.394 e. The molecule has 0 aliphatic rings. The monoisotopic (exact) mass is 295 g/mol. The topological polar surface area (TPSA) is 84.2 Å². The molecule has 0 saturated heterocycles. The lowest BCUT2D eigenvalue weighted by atomic mass is 10.1. The summed E-state index contributed by atoms with van der Waals surface area (Å²) in [6, 6.07) is 1.39. The molecule has 2 N–H and O–H groups in total. The molecule has 0 aliphatic heterocycles. The lowest BCUT2D eigenvalue weighted by Gasteiger charge is -2.20. The standard InChI is InChI=1S/C13H17N3O3S/c1-8(2)10(6-17)15-11(18)5-16-7-14-12-9(13(16)19)3-4-20-12/h3-4,7-8,10,17H,5-6H2,1-2H3,(H,15,18). The molecular formula is C13H17N3O3S. The molecule has 0 radical (unpaired) electrons. The summed E-state index contributed by atoms with van der Waals surface area (Å²) >= 11 is 1.39. The Bertz CT molecular complexity index is 662. The summed E-state index contributed by atoms with van der Waals surface area (Å²) in [6.07, 6.45) is 1.38. The van der Waals surface area contributed by atoms with E-state index in [-0.39, 0.29) is 36.6 Å². The van der Waals surface area contributed by atoms with Crippen molar-refractivity contribution in [2.75, 3.05) is 6.61 Å². The number of aliphatic hydroxyl groups excluding tert-OH is 1. The lowest BCUT2D eigenvalue weighted by molar-refractivity contribution is -0.123. The molecular weight excluding hydrogens is 278 g/mol. The predicted molar refractivity (Wildman–Crippen MR) is 77.7 cm³/mol. The van der Waals surface area contributed by atoms with Gasteiger partial charge in [-0.05, 0) is 17.4 Å². The Hall–Kier alpha value is -1.73. The van der Waals surface area contributed by atoms with Gasteiger partial charge >= 0.3 is 0 Å². The van der Waals surface area contributed by atoms with E-state index in [4.69, 9.17) is 0 Å². The van der Waals surface area contributed by atoms with Gasteiger partial charge in [0.2, 0.25) is 5.91 Å². The first-order valence-electron chi connectivity index (χ1n) is 6.35. The highest BCUT2D eigenvalue weighted by Crippen LogP contribution is 2.13. The maximum Gasteiger partial charge on any atom is 0.262 e. The first-order valence-corrected chi connectivity index (χ1v) is 7.23. The first-order chi connectivity index (χ1) is 9.52. The summed E-state index contributed by atoms with van der Waals surface area (Å²) in [7, 11) is 0. The summed E-state index contributed by atoms with van der Waals surface area (Å²) in [5.74, 6) is -0.186. The first kappa shape index (κ1) is 14.7. The Morgan fingerprint density at radius 3 is 2.95 bits per heavy atom. The van der Waals surface area contributed by atoms with E-state index in [0.717, 1.165) is 0 Å². The number of hydrogen-bond acceptors (Lipinski definition) is 5. The van der Waals surface area contributed by atoms with Crippen molar-refractivity contribution in [2.24, 2.45) is 5.92 Å². The maximum absolute atomic E-state index is 12.1. The molecule has 2 aromatic rings. The van der Waals surface area contributed by atoms with Gasteiger partial charge in [-0.25, -0.2) is 4.98 Å². The van der Waals surface area contributed by atoms with E-state index in [9.17, 15) is 14.7 Å². The summed E-state index contributed by atoms with van der Waals surface area (Å²) in [5, 5.41) is 14.2. The second-order valence-corrected chi connectivity index (χ2v) is 5.81. The molecule has 2 aromatic heterocycles. The van der Waals surface area contributed by atoms with Crippen LogP contribution in [0.5, 0.6) is 0 Å². The highest BCUT2D eigenvalue weighted by atomic mass is 32.1. The molecule has 0 spiro atoms. The predicted octanol–water partition coefficient (Wildman–Crippen LogP) is 0.591. The molecule has 0 aromatic carbocycles. The molecule has 1 unspecified atom stereocenters. The molecule has 0 bridgehead atoms. The van der Waals surface area contributed by atoms with Gasteiger partial charge in [0.15, 0.2) is 0 Å². The third kappa shape index (κ3) is 3.05. The summed E-state index contributed by atoms with van der Waals surface area (Å²) < 4.78 is 1.28. The second kappa shape index (κ2) is 6.15. The van der Waals surface area contributed by atoms with E-state index >= 15 is 0 Å². The van der Waals surface area contributed by atoms with Crippen molar-refractivity contribution < 1.29 is 9.90 Å². The molecule has 0 aliphatic carbocycles. The van der Waals surface area contributed by atoms with Crippen LogP contribution in [0.25, 0.3) is 10.2 Å². The number of hydrogen-bond donors (Lipinski definition) is 2. The third-order valence-electron chi connectivity index (χ3n) is 3.11. The Kier molecular flexibility index (Phi) is 4.51. The van der Waals surface area contributed by atoms with Gasteiger partial charge < -0.3 is 10.4 Å². The van der Waals surface area contributed by atoms with Crippen LogP contribution in [0, 0.1) is 5.92 Å². The van der Waals surface area contributed by atoms with Crippen LogP contribution < -0.4 is 10.9 Å². The van der Waals surface area contributed by atoms with Crippen LogP contribution in [0.1, 0.15) is 13.8 Å². The number of nitrogens with zero attached hydrogens (tertiary/aromatic N) is 2. The number of rotatable bonds is 5. The maximum atomic E-state index is 12.1. The molecule has 7 heteroatoms. The van der Waals surface area contributed by atoms with Gasteiger partial charge in [0.05, 0.1) is 24.4 Å². The third-order valence-corrected chi connectivity index (χ3v) is 3.93. The summed E-state index contributed by atoms with van der Waals surface area (Å²) in [6.45, 7) is 3.60. The van der Waals surface area contributed by atoms with E-state index in [0.29, 0.717) is 10.2 Å². The average molecular weight is 295 g/mol. The van der Waals surface area contributed by atoms with E-state index in [1.807, 2.05) is 13.8 Å². The van der Waals surface area contributed by atoms with Gasteiger partial charge in [-0.1, -0.05) is 13.8 Å². The fourth-order valence-corrected chi connectivity index (χ4v) is 2.56. The summed E-state index contributed by atoms with van der Waals surface area (Å²) in [5.41, 5.74) is -0.225. The van der Waals surface area contributed by atoms with Gasteiger partial charge in [-0.3, -0.25) is 14.2 Å². The number of carbonyl (C=O) groups is 1. The molecule has 0 fully saturated rings. The van der Waals surface area contributed by atoms with Gasteiger partial charge in [0.1, 0.15) is 11.4 Å². The number of carbonyl (C=O) groups excluding carboxylic acids is 1. The fraction of sp³-hybridized carbons (Fsp3) is 0.462. The zero-order valence-corrected chi connectivity index (χ0v) is 12.2. The number of amides is 1. The zero-order chi connectivity index (χ0) is 14.7. The van der Waals surface area contributed by atoms with E-state index in [1.54, 1.807) is 11.4 Å². The molecule has 0 saturated carbocycles. The smallest absolute Gasteiger partial charge is 0.262 e. The highest BCUT2D eigenvalue weighted by Gasteiger charge is 2.16. The van der Waals surface area contributed by atoms with Crippen LogP contribution in [-0.4, -0.2) is 33.2 Å². The van der Waals surface area contributed by atoms with Crippen molar-refractivity contribution in [1.29, 1.82) is 0 Å². The van der Waals surface area contributed by atoms with Gasteiger partial charge in [0.25, 0.3) is 5.56 Å². The Labute approximate surface area is 120 Å². The number of thiophene rings is 1. The van der Waals surface area contributed by atoms with Crippen LogP contribution >= 0.6 is 11.3 Å². The minimum absolute atomic E-state index is 0.0964. The Balaban J connectivity index is 2.13. The molecule has 2 rings (SSSR count). The number of aromatic nitrogens is 2. The minimum atomic E-state index is -0.309. The number of nitrogens with one attached hydrogen (secondary N) is 1. The Morgan fingerprint density at radius 2 is 2.30 bits per heavy atom. The van der Waals surface area contributed by atoms with Crippen molar-refractivity contribution >= 4 is 27.5 Å². The van der Waals surface area contributed by atoms with Gasteiger partial charge in [-0.2, -0.15) is 0 Å². The SMILES string of the molecule is CC(C)C(CO)NC(=O)Cn1cnc2sccc2c1=O. The van der Waals surface area contributed by atoms with E-state index in [1.165, 1.54) is 22.2 Å². The average Bonchev–Trinajstić information content (AvgIpc) is 2.88. The molecule has 108 valence electrons. The minimum Gasteiger partial charge on any atom is -0.394 e. The van der Waals surface area contributed by atoms with Gasteiger partial charge in [0, 0.05) is 0 Å². The van der Waals surface area contributed by atoms with Crippen LogP contribution in [0.4, 0.5) is 0 Å². The number of fused-ring (bicyclic) bond motifs is 1.